The largest absolute Gasteiger partial charge is 0.495 e. The standard InChI is InChI=1S/C12H16N2O2S/c1-16-10-3-5-17-11(10)12(15)14-4-2-8-6-13-7-9(8)14/h3,5,8-9,13H,2,4,6-7H2,1H3/t8-,9+/m0/s1. The van der Waals surface area contributed by atoms with Crippen LogP contribution in [-0.4, -0.2) is 43.6 Å². The highest BCUT2D eigenvalue weighted by Gasteiger charge is 2.40. The number of amides is 1. The molecule has 2 aliphatic heterocycles. The molecule has 0 aromatic carbocycles. The predicted molar refractivity (Wildman–Crippen MR) is 66.7 cm³/mol. The third-order valence-corrected chi connectivity index (χ3v) is 4.63. The van der Waals surface area contributed by atoms with Crippen molar-refractivity contribution in [1.29, 1.82) is 0 Å². The summed E-state index contributed by atoms with van der Waals surface area (Å²) in [5.41, 5.74) is 0. The van der Waals surface area contributed by atoms with Crippen LogP contribution in [0.2, 0.25) is 0 Å². The van der Waals surface area contributed by atoms with Gasteiger partial charge in [-0.1, -0.05) is 0 Å². The van der Waals surface area contributed by atoms with E-state index in [0.717, 1.165) is 30.9 Å². The second-order valence-electron chi connectivity index (χ2n) is 4.59. The minimum absolute atomic E-state index is 0.132. The maximum absolute atomic E-state index is 12.5. The van der Waals surface area contributed by atoms with Crippen LogP contribution in [0.5, 0.6) is 5.75 Å². The number of ether oxygens (including phenoxy) is 1. The first-order chi connectivity index (χ1) is 8.31. The summed E-state index contributed by atoms with van der Waals surface area (Å²) in [6.45, 7) is 2.87. The number of hydrogen-bond donors (Lipinski definition) is 1. The highest BCUT2D eigenvalue weighted by Crippen LogP contribution is 2.32. The highest BCUT2D eigenvalue weighted by molar-refractivity contribution is 7.12. The third-order valence-electron chi connectivity index (χ3n) is 3.75. The van der Waals surface area contributed by atoms with Crippen LogP contribution in [-0.2, 0) is 0 Å². The van der Waals surface area contributed by atoms with Gasteiger partial charge in [-0.3, -0.25) is 4.79 Å². The minimum Gasteiger partial charge on any atom is -0.495 e. The molecule has 2 aliphatic rings. The molecule has 0 saturated carbocycles. The van der Waals surface area contributed by atoms with Crippen molar-refractivity contribution < 1.29 is 9.53 Å². The Labute approximate surface area is 105 Å². The average molecular weight is 252 g/mol. The highest BCUT2D eigenvalue weighted by atomic mass is 32.1. The lowest BCUT2D eigenvalue weighted by Crippen LogP contribution is -2.38. The summed E-state index contributed by atoms with van der Waals surface area (Å²) in [7, 11) is 1.61. The molecule has 17 heavy (non-hydrogen) atoms. The second kappa shape index (κ2) is 4.31. The maximum atomic E-state index is 12.5. The number of methoxy groups -OCH3 is 1. The predicted octanol–water partition coefficient (Wildman–Crippen LogP) is 1.19. The van der Waals surface area contributed by atoms with Crippen LogP contribution in [0, 0.1) is 5.92 Å². The van der Waals surface area contributed by atoms with Gasteiger partial charge in [0.05, 0.1) is 7.11 Å². The van der Waals surface area contributed by atoms with E-state index in [9.17, 15) is 4.79 Å². The fourth-order valence-electron chi connectivity index (χ4n) is 2.85. The van der Waals surface area contributed by atoms with Gasteiger partial charge in [0.1, 0.15) is 10.6 Å². The number of likely N-dealkylation sites (tertiary alicyclic amines) is 1. The van der Waals surface area contributed by atoms with Gasteiger partial charge in [-0.2, -0.15) is 0 Å². The van der Waals surface area contributed by atoms with E-state index in [0.29, 0.717) is 17.7 Å². The van der Waals surface area contributed by atoms with Crippen molar-refractivity contribution in [2.45, 2.75) is 12.5 Å². The van der Waals surface area contributed by atoms with E-state index in [1.54, 1.807) is 7.11 Å². The van der Waals surface area contributed by atoms with E-state index in [-0.39, 0.29) is 5.91 Å². The zero-order valence-corrected chi connectivity index (χ0v) is 10.6. The van der Waals surface area contributed by atoms with Gasteiger partial charge in [-0.05, 0) is 23.8 Å². The van der Waals surface area contributed by atoms with E-state index in [1.807, 2.05) is 16.3 Å². The Bertz CT molecular complexity index is 432. The fraction of sp³-hybridized carbons (Fsp3) is 0.583. The van der Waals surface area contributed by atoms with Crippen molar-refractivity contribution in [2.24, 2.45) is 5.92 Å². The molecule has 0 radical (unpaired) electrons. The second-order valence-corrected chi connectivity index (χ2v) is 5.51. The average Bonchev–Trinajstić information content (AvgIpc) is 3.03. The van der Waals surface area contributed by atoms with Gasteiger partial charge in [0.25, 0.3) is 5.91 Å². The zero-order chi connectivity index (χ0) is 11.8. The zero-order valence-electron chi connectivity index (χ0n) is 9.81. The van der Waals surface area contributed by atoms with Crippen molar-refractivity contribution in [2.75, 3.05) is 26.7 Å². The number of rotatable bonds is 2. The van der Waals surface area contributed by atoms with E-state index < -0.39 is 0 Å². The molecule has 0 unspecified atom stereocenters. The molecule has 1 aromatic heterocycles. The van der Waals surface area contributed by atoms with Gasteiger partial charge in [-0.25, -0.2) is 0 Å². The Morgan fingerprint density at radius 2 is 2.47 bits per heavy atom. The van der Waals surface area contributed by atoms with Gasteiger partial charge in [0, 0.05) is 25.7 Å². The molecule has 2 saturated heterocycles. The van der Waals surface area contributed by atoms with E-state index in [4.69, 9.17) is 4.74 Å². The first-order valence-electron chi connectivity index (χ1n) is 5.94. The minimum atomic E-state index is 0.132. The molecule has 0 bridgehead atoms. The normalized spacial score (nSPS) is 27.2. The Morgan fingerprint density at radius 3 is 3.29 bits per heavy atom. The summed E-state index contributed by atoms with van der Waals surface area (Å²) in [4.78, 5) is 15.2. The first kappa shape index (κ1) is 11.0. The quantitative estimate of drug-likeness (QED) is 0.859. The van der Waals surface area contributed by atoms with Crippen molar-refractivity contribution in [1.82, 2.24) is 10.2 Å². The van der Waals surface area contributed by atoms with E-state index in [1.165, 1.54) is 11.3 Å². The molecule has 1 N–H and O–H groups in total. The molecule has 0 spiro atoms. The summed E-state index contributed by atoms with van der Waals surface area (Å²) in [5.74, 6) is 1.48. The number of hydrogen-bond acceptors (Lipinski definition) is 4. The Morgan fingerprint density at radius 1 is 1.59 bits per heavy atom. The summed E-state index contributed by atoms with van der Waals surface area (Å²) in [5, 5.41) is 5.27. The summed E-state index contributed by atoms with van der Waals surface area (Å²) < 4.78 is 5.22. The Kier molecular flexibility index (Phi) is 2.80. The van der Waals surface area contributed by atoms with Crippen LogP contribution in [0.25, 0.3) is 0 Å². The molecule has 4 nitrogen and oxygen atoms in total. The maximum Gasteiger partial charge on any atom is 0.268 e. The van der Waals surface area contributed by atoms with Crippen molar-refractivity contribution in [3.05, 3.63) is 16.3 Å². The first-order valence-corrected chi connectivity index (χ1v) is 6.82. The number of fused-ring (bicyclic) bond motifs is 1. The van der Waals surface area contributed by atoms with Crippen LogP contribution < -0.4 is 10.1 Å². The number of carbonyl (C=O) groups is 1. The van der Waals surface area contributed by atoms with Gasteiger partial charge < -0.3 is 15.0 Å². The number of nitrogens with zero attached hydrogens (tertiary/aromatic N) is 1. The summed E-state index contributed by atoms with van der Waals surface area (Å²) >= 11 is 1.47. The van der Waals surface area contributed by atoms with E-state index in [2.05, 4.69) is 5.32 Å². The van der Waals surface area contributed by atoms with Crippen LogP contribution in [0.15, 0.2) is 11.4 Å². The Balaban J connectivity index is 1.83. The third kappa shape index (κ3) is 1.73. The molecule has 0 aliphatic carbocycles. The molecule has 5 heteroatoms. The summed E-state index contributed by atoms with van der Waals surface area (Å²) in [6.07, 6.45) is 1.12. The molecule has 3 heterocycles. The molecule has 3 rings (SSSR count). The topological polar surface area (TPSA) is 41.6 Å². The van der Waals surface area contributed by atoms with Gasteiger partial charge >= 0.3 is 0 Å². The van der Waals surface area contributed by atoms with Crippen molar-refractivity contribution >= 4 is 17.2 Å². The molecule has 1 amide bonds. The van der Waals surface area contributed by atoms with Crippen molar-refractivity contribution in [3.8, 4) is 5.75 Å². The molecule has 2 atom stereocenters. The number of thiophene rings is 1. The monoisotopic (exact) mass is 252 g/mol. The lowest BCUT2D eigenvalue weighted by atomic mass is 10.1. The molecular weight excluding hydrogens is 236 g/mol. The molecule has 92 valence electrons. The molecular formula is C12H16N2O2S. The van der Waals surface area contributed by atoms with Crippen LogP contribution in [0.4, 0.5) is 0 Å². The molecule has 2 fully saturated rings. The van der Waals surface area contributed by atoms with Gasteiger partial charge in [0.15, 0.2) is 0 Å². The lowest BCUT2D eigenvalue weighted by molar-refractivity contribution is 0.0739. The van der Waals surface area contributed by atoms with Gasteiger partial charge in [0.2, 0.25) is 0 Å². The molecule has 1 aromatic rings. The SMILES string of the molecule is COc1ccsc1C(=O)N1CC[C@H]2CNC[C@H]21. The lowest BCUT2D eigenvalue weighted by Gasteiger charge is -2.23. The fourth-order valence-corrected chi connectivity index (χ4v) is 3.66. The summed E-state index contributed by atoms with van der Waals surface area (Å²) in [6, 6.07) is 2.24. The number of nitrogens with one attached hydrogen (secondary N) is 1. The smallest absolute Gasteiger partial charge is 0.268 e. The van der Waals surface area contributed by atoms with Gasteiger partial charge in [-0.15, -0.1) is 11.3 Å². The number of carbonyl (C=O) groups excluding carboxylic acids is 1. The van der Waals surface area contributed by atoms with Crippen LogP contribution in [0.3, 0.4) is 0 Å². The van der Waals surface area contributed by atoms with Crippen LogP contribution >= 0.6 is 11.3 Å². The van der Waals surface area contributed by atoms with Crippen molar-refractivity contribution in [3.63, 3.8) is 0 Å². The Hall–Kier alpha value is -1.07. The van der Waals surface area contributed by atoms with E-state index >= 15 is 0 Å². The van der Waals surface area contributed by atoms with Crippen LogP contribution in [0.1, 0.15) is 16.1 Å².